The van der Waals surface area contributed by atoms with Gasteiger partial charge in [-0.25, -0.2) is 8.42 Å². The van der Waals surface area contributed by atoms with E-state index in [-0.39, 0.29) is 0 Å². The van der Waals surface area contributed by atoms with Crippen molar-refractivity contribution in [2.45, 2.75) is 39.0 Å². The van der Waals surface area contributed by atoms with Crippen molar-refractivity contribution in [3.63, 3.8) is 0 Å². The molecule has 1 fully saturated rings. The van der Waals surface area contributed by atoms with Crippen LogP contribution in [0.2, 0.25) is 0 Å². The standard InChI is InChI=1S/C11H23NO2S/c1-2-3-10-15(13,14)11-9-12-7-5-4-6-8-12/h2-11H2,1H3. The summed E-state index contributed by atoms with van der Waals surface area (Å²) < 4.78 is 23.2. The Labute approximate surface area is 93.8 Å². The van der Waals surface area contributed by atoms with Crippen LogP contribution < -0.4 is 0 Å². The van der Waals surface area contributed by atoms with Crippen LogP contribution in [-0.4, -0.2) is 44.5 Å². The van der Waals surface area contributed by atoms with Crippen LogP contribution in [0.25, 0.3) is 0 Å². The van der Waals surface area contributed by atoms with Gasteiger partial charge in [-0.1, -0.05) is 19.8 Å². The first kappa shape index (κ1) is 13.0. The molecule has 0 unspecified atom stereocenters. The van der Waals surface area contributed by atoms with Crippen LogP contribution in [0.3, 0.4) is 0 Å². The lowest BCUT2D eigenvalue weighted by Crippen LogP contribution is -2.34. The zero-order valence-electron chi connectivity index (χ0n) is 9.74. The fourth-order valence-electron chi connectivity index (χ4n) is 1.92. The number of hydrogen-bond acceptors (Lipinski definition) is 3. The third-order valence-electron chi connectivity index (χ3n) is 2.98. The molecule has 0 spiro atoms. The van der Waals surface area contributed by atoms with Crippen molar-refractivity contribution in [1.29, 1.82) is 0 Å². The number of sulfone groups is 1. The maximum Gasteiger partial charge on any atom is 0.151 e. The minimum Gasteiger partial charge on any atom is -0.302 e. The zero-order chi connectivity index (χ0) is 11.1. The lowest BCUT2D eigenvalue weighted by Gasteiger charge is -2.26. The third-order valence-corrected chi connectivity index (χ3v) is 4.69. The molecule has 90 valence electrons. The Hall–Kier alpha value is -0.0900. The van der Waals surface area contributed by atoms with E-state index in [0.29, 0.717) is 11.5 Å². The third kappa shape index (κ3) is 5.52. The van der Waals surface area contributed by atoms with Gasteiger partial charge >= 0.3 is 0 Å². The van der Waals surface area contributed by atoms with Crippen LogP contribution in [-0.2, 0) is 9.84 Å². The normalized spacial score (nSPS) is 19.3. The summed E-state index contributed by atoms with van der Waals surface area (Å²) in [5, 5.41) is 0. The van der Waals surface area contributed by atoms with Gasteiger partial charge in [0.1, 0.15) is 0 Å². The highest BCUT2D eigenvalue weighted by Crippen LogP contribution is 2.08. The number of rotatable bonds is 6. The summed E-state index contributed by atoms with van der Waals surface area (Å²) in [6.07, 6.45) is 5.54. The fourth-order valence-corrected chi connectivity index (χ4v) is 3.39. The Morgan fingerprint density at radius 2 is 1.73 bits per heavy atom. The second kappa shape index (κ2) is 6.48. The average Bonchev–Trinajstić information content (AvgIpc) is 2.25. The monoisotopic (exact) mass is 233 g/mol. The Morgan fingerprint density at radius 3 is 2.33 bits per heavy atom. The van der Waals surface area contributed by atoms with E-state index in [9.17, 15) is 8.42 Å². The first-order chi connectivity index (χ1) is 7.14. The molecule has 0 aromatic carbocycles. The van der Waals surface area contributed by atoms with Gasteiger partial charge < -0.3 is 4.90 Å². The highest BCUT2D eigenvalue weighted by atomic mass is 32.2. The Balaban J connectivity index is 2.22. The lowest BCUT2D eigenvalue weighted by atomic mass is 10.1. The molecule has 1 rings (SSSR count). The van der Waals surface area contributed by atoms with Gasteiger partial charge in [-0.3, -0.25) is 0 Å². The van der Waals surface area contributed by atoms with Gasteiger partial charge in [0.2, 0.25) is 0 Å². The fraction of sp³-hybridized carbons (Fsp3) is 1.00. The number of piperidine rings is 1. The van der Waals surface area contributed by atoms with Crippen molar-refractivity contribution in [2.24, 2.45) is 0 Å². The minimum atomic E-state index is -2.78. The van der Waals surface area contributed by atoms with Crippen molar-refractivity contribution in [2.75, 3.05) is 31.1 Å². The molecule has 1 heterocycles. The number of hydrogen-bond donors (Lipinski definition) is 0. The van der Waals surface area contributed by atoms with Crippen LogP contribution in [0, 0.1) is 0 Å². The number of nitrogens with zero attached hydrogens (tertiary/aromatic N) is 1. The molecule has 15 heavy (non-hydrogen) atoms. The predicted molar refractivity (Wildman–Crippen MR) is 63.9 cm³/mol. The van der Waals surface area contributed by atoms with E-state index < -0.39 is 9.84 Å². The van der Waals surface area contributed by atoms with Gasteiger partial charge in [-0.15, -0.1) is 0 Å². The summed E-state index contributed by atoms with van der Waals surface area (Å²) >= 11 is 0. The Morgan fingerprint density at radius 1 is 1.07 bits per heavy atom. The van der Waals surface area contributed by atoms with E-state index in [0.717, 1.165) is 32.5 Å². The molecule has 0 atom stereocenters. The number of likely N-dealkylation sites (tertiary alicyclic amines) is 1. The SMILES string of the molecule is CCCCS(=O)(=O)CCN1CCCCC1. The molecule has 0 bridgehead atoms. The van der Waals surface area contributed by atoms with Gasteiger partial charge in [0.05, 0.1) is 11.5 Å². The minimum absolute atomic E-state index is 0.354. The van der Waals surface area contributed by atoms with Crippen molar-refractivity contribution in [3.8, 4) is 0 Å². The quantitative estimate of drug-likeness (QED) is 0.700. The van der Waals surface area contributed by atoms with E-state index in [4.69, 9.17) is 0 Å². The predicted octanol–water partition coefficient (Wildman–Crippen LogP) is 1.69. The Kier molecular flexibility index (Phi) is 5.61. The molecular formula is C11H23NO2S. The molecule has 4 heteroatoms. The summed E-state index contributed by atoms with van der Waals surface area (Å²) in [5.74, 6) is 0.727. The highest BCUT2D eigenvalue weighted by Gasteiger charge is 2.15. The van der Waals surface area contributed by atoms with Gasteiger partial charge in [-0.05, 0) is 32.4 Å². The first-order valence-electron chi connectivity index (χ1n) is 6.07. The van der Waals surface area contributed by atoms with Crippen molar-refractivity contribution < 1.29 is 8.42 Å². The summed E-state index contributed by atoms with van der Waals surface area (Å²) in [6.45, 7) is 4.94. The van der Waals surface area contributed by atoms with Gasteiger partial charge in [0.25, 0.3) is 0 Å². The van der Waals surface area contributed by atoms with Crippen LogP contribution in [0.4, 0.5) is 0 Å². The maximum absolute atomic E-state index is 11.6. The van der Waals surface area contributed by atoms with Crippen LogP contribution in [0.1, 0.15) is 39.0 Å². The second-order valence-electron chi connectivity index (χ2n) is 4.41. The van der Waals surface area contributed by atoms with E-state index in [2.05, 4.69) is 4.90 Å². The first-order valence-corrected chi connectivity index (χ1v) is 7.89. The topological polar surface area (TPSA) is 37.4 Å². The van der Waals surface area contributed by atoms with Crippen LogP contribution >= 0.6 is 0 Å². The summed E-state index contributed by atoms with van der Waals surface area (Å²) in [4.78, 5) is 2.28. The molecule has 0 aromatic rings. The van der Waals surface area contributed by atoms with E-state index in [1.165, 1.54) is 19.3 Å². The molecule has 0 aliphatic carbocycles. The van der Waals surface area contributed by atoms with Gasteiger partial charge in [0.15, 0.2) is 9.84 Å². The molecule has 3 nitrogen and oxygen atoms in total. The number of unbranched alkanes of at least 4 members (excludes halogenated alkanes) is 1. The van der Waals surface area contributed by atoms with Crippen molar-refractivity contribution in [3.05, 3.63) is 0 Å². The Bertz CT molecular complexity index is 256. The molecule has 0 amide bonds. The molecule has 0 saturated carbocycles. The lowest BCUT2D eigenvalue weighted by molar-refractivity contribution is 0.241. The molecule has 0 aromatic heterocycles. The van der Waals surface area contributed by atoms with Gasteiger partial charge in [-0.2, -0.15) is 0 Å². The summed E-state index contributed by atoms with van der Waals surface area (Å²) in [6, 6.07) is 0. The van der Waals surface area contributed by atoms with Crippen molar-refractivity contribution in [1.82, 2.24) is 4.90 Å². The maximum atomic E-state index is 11.6. The van der Waals surface area contributed by atoms with E-state index >= 15 is 0 Å². The van der Waals surface area contributed by atoms with Gasteiger partial charge in [0, 0.05) is 6.54 Å². The molecule has 1 aliphatic heterocycles. The second-order valence-corrected chi connectivity index (χ2v) is 6.71. The molecule has 1 saturated heterocycles. The zero-order valence-corrected chi connectivity index (χ0v) is 10.6. The molecule has 1 aliphatic rings. The average molecular weight is 233 g/mol. The van der Waals surface area contributed by atoms with Crippen molar-refractivity contribution >= 4 is 9.84 Å². The highest BCUT2D eigenvalue weighted by molar-refractivity contribution is 7.91. The molecule has 0 radical (unpaired) electrons. The van der Waals surface area contributed by atoms with Crippen LogP contribution in [0.5, 0.6) is 0 Å². The molecule has 0 N–H and O–H groups in total. The van der Waals surface area contributed by atoms with E-state index in [1.807, 2.05) is 6.92 Å². The van der Waals surface area contributed by atoms with Crippen LogP contribution in [0.15, 0.2) is 0 Å². The smallest absolute Gasteiger partial charge is 0.151 e. The summed E-state index contributed by atoms with van der Waals surface area (Å²) in [7, 11) is -2.78. The summed E-state index contributed by atoms with van der Waals surface area (Å²) in [5.41, 5.74) is 0. The van der Waals surface area contributed by atoms with E-state index in [1.54, 1.807) is 0 Å². The largest absolute Gasteiger partial charge is 0.302 e. The molecular weight excluding hydrogens is 210 g/mol.